The number of hydrogen-bond acceptors (Lipinski definition) is 2. The summed E-state index contributed by atoms with van der Waals surface area (Å²) in [5, 5.41) is 13.4. The van der Waals surface area contributed by atoms with Gasteiger partial charge in [-0.3, -0.25) is 0 Å². The minimum Gasteiger partial charge on any atom is -0.390 e. The Morgan fingerprint density at radius 3 is 2.53 bits per heavy atom. The van der Waals surface area contributed by atoms with Crippen molar-refractivity contribution in [2.45, 2.75) is 13.2 Å². The van der Waals surface area contributed by atoms with Crippen LogP contribution in [0.15, 0.2) is 89.5 Å². The molecular formula is C27H20BrN3O. The predicted molar refractivity (Wildman–Crippen MR) is 134 cm³/mol. The van der Waals surface area contributed by atoms with E-state index in [0.29, 0.717) is 5.69 Å². The van der Waals surface area contributed by atoms with Crippen molar-refractivity contribution < 1.29 is 5.11 Å². The molecule has 156 valence electrons. The molecule has 0 amide bonds. The Balaban J connectivity index is 1.72. The summed E-state index contributed by atoms with van der Waals surface area (Å²) in [5.74, 6) is 0. The van der Waals surface area contributed by atoms with Crippen LogP contribution in [-0.2, 0) is 13.2 Å². The van der Waals surface area contributed by atoms with Crippen LogP contribution in [0.25, 0.3) is 44.0 Å². The minimum atomic E-state index is -0.101. The van der Waals surface area contributed by atoms with Crippen LogP contribution >= 0.6 is 15.9 Å². The second-order valence-electron chi connectivity index (χ2n) is 8.00. The number of hydrogen-bond donors (Lipinski definition) is 2. The number of H-pyrrole nitrogens is 1. The predicted octanol–water partition coefficient (Wildman–Crippen LogP) is 6.64. The number of fused-ring (bicyclic) bond motifs is 4. The Labute approximate surface area is 193 Å². The maximum absolute atomic E-state index is 9.99. The van der Waals surface area contributed by atoms with Crippen molar-refractivity contribution in [1.29, 1.82) is 0 Å². The van der Waals surface area contributed by atoms with E-state index in [9.17, 15) is 5.11 Å². The summed E-state index contributed by atoms with van der Waals surface area (Å²) in [5.41, 5.74) is 7.10. The number of para-hydroxylation sites is 2. The zero-order valence-electron chi connectivity index (χ0n) is 17.2. The van der Waals surface area contributed by atoms with E-state index < -0.39 is 0 Å². The van der Waals surface area contributed by atoms with Gasteiger partial charge in [0.05, 0.1) is 23.5 Å². The fourth-order valence-electron chi connectivity index (χ4n) is 4.65. The number of benzene rings is 3. The van der Waals surface area contributed by atoms with E-state index >= 15 is 0 Å². The quantitative estimate of drug-likeness (QED) is 0.296. The highest BCUT2D eigenvalue weighted by Gasteiger charge is 2.20. The number of aliphatic hydroxyl groups excluding tert-OH is 1. The molecular weight excluding hydrogens is 462 g/mol. The first-order valence-corrected chi connectivity index (χ1v) is 11.3. The average Bonchev–Trinajstić information content (AvgIpc) is 3.39. The summed E-state index contributed by atoms with van der Waals surface area (Å²) in [6, 6.07) is 27.1. The fourth-order valence-corrected chi connectivity index (χ4v) is 5.09. The third-order valence-corrected chi connectivity index (χ3v) is 6.53. The van der Waals surface area contributed by atoms with Gasteiger partial charge in [-0.05, 0) is 35.9 Å². The van der Waals surface area contributed by atoms with Crippen molar-refractivity contribution in [3.8, 4) is 11.3 Å². The molecule has 5 heteroatoms. The van der Waals surface area contributed by atoms with E-state index in [4.69, 9.17) is 4.98 Å². The van der Waals surface area contributed by atoms with Gasteiger partial charge in [-0.25, -0.2) is 4.98 Å². The maximum Gasteiger partial charge on any atom is 0.0971 e. The Kier molecular flexibility index (Phi) is 4.59. The molecule has 32 heavy (non-hydrogen) atoms. The number of aromatic nitrogens is 3. The summed E-state index contributed by atoms with van der Waals surface area (Å²) in [6.07, 6.45) is 2.02. The second kappa shape index (κ2) is 7.62. The highest BCUT2D eigenvalue weighted by atomic mass is 79.9. The number of pyridine rings is 1. The summed E-state index contributed by atoms with van der Waals surface area (Å²) in [6.45, 7) is 0.620. The molecule has 0 bridgehead atoms. The maximum atomic E-state index is 9.99. The van der Waals surface area contributed by atoms with Gasteiger partial charge in [0, 0.05) is 50.0 Å². The molecule has 0 aliphatic carbocycles. The van der Waals surface area contributed by atoms with E-state index in [1.807, 2.05) is 30.5 Å². The van der Waals surface area contributed by atoms with Gasteiger partial charge in [-0.2, -0.15) is 0 Å². The van der Waals surface area contributed by atoms with E-state index in [-0.39, 0.29) is 6.61 Å². The average molecular weight is 482 g/mol. The van der Waals surface area contributed by atoms with Gasteiger partial charge in [0.15, 0.2) is 0 Å². The topological polar surface area (TPSA) is 53.8 Å². The lowest BCUT2D eigenvalue weighted by molar-refractivity contribution is 0.277. The molecule has 3 heterocycles. The molecule has 0 aliphatic heterocycles. The van der Waals surface area contributed by atoms with Gasteiger partial charge in [-0.1, -0.05) is 64.5 Å². The first-order chi connectivity index (χ1) is 15.7. The van der Waals surface area contributed by atoms with Crippen LogP contribution in [0.2, 0.25) is 0 Å². The van der Waals surface area contributed by atoms with Gasteiger partial charge in [0.25, 0.3) is 0 Å². The normalized spacial score (nSPS) is 11.7. The molecule has 0 unspecified atom stereocenters. The highest BCUT2D eigenvalue weighted by Crippen LogP contribution is 2.38. The molecule has 0 spiro atoms. The fraction of sp³-hybridized carbons (Fsp3) is 0.0741. The molecule has 0 saturated carbocycles. The highest BCUT2D eigenvalue weighted by molar-refractivity contribution is 9.10. The summed E-state index contributed by atoms with van der Waals surface area (Å²) in [4.78, 5) is 8.31. The van der Waals surface area contributed by atoms with E-state index in [2.05, 4.69) is 80.1 Å². The van der Waals surface area contributed by atoms with Gasteiger partial charge in [-0.15, -0.1) is 0 Å². The number of halogens is 1. The standard InChI is InChI=1S/C27H20BrN3O/c28-18-7-5-6-17(12-18)15-31-25-11-4-2-9-21(25)22-13-19(16-32)30-26(27(22)31)23-14-29-24-10-3-1-8-20(23)24/h1-14,29,32H,15-16H2. The van der Waals surface area contributed by atoms with Crippen molar-refractivity contribution in [2.75, 3.05) is 0 Å². The van der Waals surface area contributed by atoms with Gasteiger partial charge in [0.1, 0.15) is 0 Å². The lowest BCUT2D eigenvalue weighted by Crippen LogP contribution is -2.02. The van der Waals surface area contributed by atoms with Crippen LogP contribution in [0.1, 0.15) is 11.3 Å². The molecule has 0 fully saturated rings. The monoisotopic (exact) mass is 481 g/mol. The molecule has 6 aromatic rings. The summed E-state index contributed by atoms with van der Waals surface area (Å²) >= 11 is 3.60. The molecule has 0 radical (unpaired) electrons. The second-order valence-corrected chi connectivity index (χ2v) is 8.91. The van der Waals surface area contributed by atoms with Crippen molar-refractivity contribution in [3.05, 3.63) is 101 Å². The molecule has 4 nitrogen and oxygen atoms in total. The Hall–Kier alpha value is -3.41. The van der Waals surface area contributed by atoms with Crippen LogP contribution < -0.4 is 0 Å². The smallest absolute Gasteiger partial charge is 0.0971 e. The van der Waals surface area contributed by atoms with Crippen LogP contribution in [0.3, 0.4) is 0 Å². The molecule has 3 aromatic carbocycles. The zero-order chi connectivity index (χ0) is 21.7. The molecule has 0 saturated heterocycles. The minimum absolute atomic E-state index is 0.101. The Morgan fingerprint density at radius 1 is 0.875 bits per heavy atom. The van der Waals surface area contributed by atoms with Gasteiger partial charge >= 0.3 is 0 Å². The Morgan fingerprint density at radius 2 is 1.69 bits per heavy atom. The zero-order valence-corrected chi connectivity index (χ0v) is 18.8. The molecule has 2 N–H and O–H groups in total. The number of aliphatic hydroxyl groups is 1. The third kappa shape index (κ3) is 3.05. The van der Waals surface area contributed by atoms with Crippen LogP contribution in [0.5, 0.6) is 0 Å². The first-order valence-electron chi connectivity index (χ1n) is 10.6. The van der Waals surface area contributed by atoms with Crippen LogP contribution in [0, 0.1) is 0 Å². The van der Waals surface area contributed by atoms with E-state index in [1.54, 1.807) is 0 Å². The number of aromatic amines is 1. The Bertz CT molecular complexity index is 1610. The van der Waals surface area contributed by atoms with Crippen LogP contribution in [-0.4, -0.2) is 19.6 Å². The number of rotatable bonds is 4. The summed E-state index contributed by atoms with van der Waals surface area (Å²) < 4.78 is 3.41. The molecule has 6 rings (SSSR count). The molecule has 0 aliphatic rings. The lowest BCUT2D eigenvalue weighted by atomic mass is 10.1. The number of nitrogens with zero attached hydrogens (tertiary/aromatic N) is 2. The molecule has 0 atom stereocenters. The third-order valence-electron chi connectivity index (χ3n) is 6.04. The van der Waals surface area contributed by atoms with Crippen LogP contribution in [0.4, 0.5) is 0 Å². The van der Waals surface area contributed by atoms with E-state index in [0.717, 1.165) is 55.0 Å². The number of nitrogens with one attached hydrogen (secondary N) is 1. The van der Waals surface area contributed by atoms with Crippen molar-refractivity contribution in [1.82, 2.24) is 14.5 Å². The van der Waals surface area contributed by atoms with Crippen molar-refractivity contribution in [2.24, 2.45) is 0 Å². The van der Waals surface area contributed by atoms with Gasteiger partial charge < -0.3 is 14.7 Å². The van der Waals surface area contributed by atoms with Crippen molar-refractivity contribution in [3.63, 3.8) is 0 Å². The lowest BCUT2D eigenvalue weighted by Gasteiger charge is -2.12. The SMILES string of the molecule is OCc1cc2c3ccccc3n(Cc3cccc(Br)c3)c2c(-c2c[nH]c3ccccc23)n1. The van der Waals surface area contributed by atoms with Gasteiger partial charge in [0.2, 0.25) is 0 Å². The first kappa shape index (κ1) is 19.3. The molecule has 3 aromatic heterocycles. The van der Waals surface area contributed by atoms with Crippen molar-refractivity contribution >= 4 is 48.6 Å². The summed E-state index contributed by atoms with van der Waals surface area (Å²) in [7, 11) is 0. The largest absolute Gasteiger partial charge is 0.390 e. The van der Waals surface area contributed by atoms with E-state index in [1.165, 1.54) is 5.56 Å².